The van der Waals surface area contributed by atoms with Gasteiger partial charge in [0.05, 0.1) is 6.42 Å². The summed E-state index contributed by atoms with van der Waals surface area (Å²) >= 11 is 0. The van der Waals surface area contributed by atoms with E-state index in [2.05, 4.69) is 5.32 Å². The number of esters is 1. The minimum absolute atomic E-state index is 0.0329. The minimum atomic E-state index is -0.859. The van der Waals surface area contributed by atoms with Gasteiger partial charge in [0.2, 0.25) is 23.6 Å². The monoisotopic (exact) mass is 491 g/mol. The lowest BCUT2D eigenvalue weighted by atomic mass is 10.1. The molecule has 0 spiro atoms. The number of ether oxygens (including phenoxy) is 1. The van der Waals surface area contributed by atoms with E-state index in [4.69, 9.17) is 4.74 Å². The lowest BCUT2D eigenvalue weighted by Crippen LogP contribution is -2.64. The summed E-state index contributed by atoms with van der Waals surface area (Å²) in [5, 5.41) is 2.79. The van der Waals surface area contributed by atoms with Crippen LogP contribution in [0.25, 0.3) is 0 Å². The maximum absolute atomic E-state index is 13.6. The van der Waals surface area contributed by atoms with Crippen molar-refractivity contribution in [3.63, 3.8) is 0 Å². The molecule has 11 nitrogen and oxygen atoms in total. The maximum Gasteiger partial charge on any atom is 0.329 e. The second-order valence-electron chi connectivity index (χ2n) is 10.6. The van der Waals surface area contributed by atoms with E-state index < -0.39 is 42.1 Å². The summed E-state index contributed by atoms with van der Waals surface area (Å²) in [5.41, 5.74) is 0. The molecule has 4 amide bonds. The van der Waals surface area contributed by atoms with Gasteiger partial charge in [-0.15, -0.1) is 0 Å². The van der Waals surface area contributed by atoms with Crippen molar-refractivity contribution in [3.05, 3.63) is 0 Å². The molecule has 4 aliphatic rings. The zero-order valence-electron chi connectivity index (χ0n) is 21.1. The Kier molecular flexibility index (Phi) is 7.35. The van der Waals surface area contributed by atoms with Crippen LogP contribution in [0.15, 0.2) is 0 Å². The van der Waals surface area contributed by atoms with Gasteiger partial charge in [-0.05, 0) is 46.1 Å². The van der Waals surface area contributed by atoms with E-state index in [0.717, 1.165) is 0 Å². The summed E-state index contributed by atoms with van der Waals surface area (Å²) in [6.07, 6.45) is 0.982. The number of fused-ring (bicyclic) bond motifs is 3. The van der Waals surface area contributed by atoms with Crippen LogP contribution in [0.5, 0.6) is 0 Å². The van der Waals surface area contributed by atoms with Crippen molar-refractivity contribution in [2.45, 2.75) is 76.7 Å². The average molecular weight is 492 g/mol. The SMILES string of the molecule is C[C@@H]1C[C@H]2C(=O)O[C@@H](C)CC(=O)N3CCC[C@H]3C(=O)N3CCN(C)C[C@H]3C(=O)N[C@@H](C)C(=O)N2C1. The van der Waals surface area contributed by atoms with Crippen LogP contribution in [0, 0.1) is 5.92 Å². The molecule has 4 heterocycles. The second kappa shape index (κ2) is 10.1. The topological polar surface area (TPSA) is 120 Å². The van der Waals surface area contributed by atoms with Gasteiger partial charge in [-0.25, -0.2) is 4.79 Å². The maximum atomic E-state index is 13.6. The predicted octanol–water partition coefficient (Wildman–Crippen LogP) is -0.803. The number of nitrogens with one attached hydrogen (secondary N) is 1. The molecule has 4 rings (SSSR count). The quantitative estimate of drug-likeness (QED) is 0.441. The van der Waals surface area contributed by atoms with Crippen molar-refractivity contribution in [2.75, 3.05) is 39.8 Å². The van der Waals surface area contributed by atoms with Crippen LogP contribution in [-0.2, 0) is 28.7 Å². The third kappa shape index (κ3) is 5.14. The molecule has 0 bridgehead atoms. The number of likely N-dealkylation sites (N-methyl/N-ethyl adjacent to an activating group) is 1. The second-order valence-corrected chi connectivity index (χ2v) is 10.6. The normalized spacial score (nSPS) is 36.0. The molecular weight excluding hydrogens is 454 g/mol. The van der Waals surface area contributed by atoms with E-state index >= 15 is 0 Å². The molecule has 6 atom stereocenters. The highest BCUT2D eigenvalue weighted by Gasteiger charge is 2.45. The molecular formula is C24H37N5O6. The van der Waals surface area contributed by atoms with Crippen LogP contribution in [0.4, 0.5) is 0 Å². The van der Waals surface area contributed by atoms with Crippen LogP contribution < -0.4 is 5.32 Å². The number of carbonyl (C=O) groups excluding carboxylic acids is 5. The Labute approximate surface area is 206 Å². The summed E-state index contributed by atoms with van der Waals surface area (Å²) in [6.45, 7) is 7.40. The first kappa shape index (κ1) is 25.4. The van der Waals surface area contributed by atoms with E-state index in [1.807, 2.05) is 18.9 Å². The van der Waals surface area contributed by atoms with Gasteiger partial charge in [0.25, 0.3) is 0 Å². The number of amides is 4. The third-order valence-corrected chi connectivity index (χ3v) is 7.60. The number of piperazine rings is 1. The number of carbonyl (C=O) groups is 5. The van der Waals surface area contributed by atoms with E-state index in [1.54, 1.807) is 23.6 Å². The number of hydrogen-bond donors (Lipinski definition) is 1. The van der Waals surface area contributed by atoms with Crippen LogP contribution >= 0.6 is 0 Å². The van der Waals surface area contributed by atoms with Gasteiger partial charge in [-0.2, -0.15) is 0 Å². The number of nitrogens with zero attached hydrogens (tertiary/aromatic N) is 4. The summed E-state index contributed by atoms with van der Waals surface area (Å²) in [7, 11) is 1.89. The fraction of sp³-hybridized carbons (Fsp3) is 0.792. The fourth-order valence-corrected chi connectivity index (χ4v) is 5.74. The molecule has 194 valence electrons. The molecule has 4 saturated heterocycles. The molecule has 0 aromatic rings. The third-order valence-electron chi connectivity index (χ3n) is 7.60. The van der Waals surface area contributed by atoms with E-state index in [9.17, 15) is 24.0 Å². The Morgan fingerprint density at radius 3 is 2.31 bits per heavy atom. The van der Waals surface area contributed by atoms with Gasteiger partial charge in [0, 0.05) is 32.7 Å². The summed E-state index contributed by atoms with van der Waals surface area (Å²) in [4.78, 5) is 72.9. The van der Waals surface area contributed by atoms with Gasteiger partial charge >= 0.3 is 5.97 Å². The fourth-order valence-electron chi connectivity index (χ4n) is 5.74. The first-order valence-electron chi connectivity index (χ1n) is 12.7. The van der Waals surface area contributed by atoms with Gasteiger partial charge in [0.1, 0.15) is 30.3 Å². The van der Waals surface area contributed by atoms with Gasteiger partial charge in [-0.1, -0.05) is 6.92 Å². The summed E-state index contributed by atoms with van der Waals surface area (Å²) in [5.74, 6) is -1.69. The Morgan fingerprint density at radius 2 is 1.57 bits per heavy atom. The molecule has 0 unspecified atom stereocenters. The van der Waals surface area contributed by atoms with Crippen molar-refractivity contribution in [1.29, 1.82) is 0 Å². The molecule has 1 N–H and O–H groups in total. The summed E-state index contributed by atoms with van der Waals surface area (Å²) in [6, 6.07) is -3.01. The first-order valence-corrected chi connectivity index (χ1v) is 12.7. The smallest absolute Gasteiger partial charge is 0.329 e. The molecule has 35 heavy (non-hydrogen) atoms. The Hall–Kier alpha value is -2.69. The summed E-state index contributed by atoms with van der Waals surface area (Å²) < 4.78 is 5.59. The van der Waals surface area contributed by atoms with Gasteiger partial charge in [-0.3, -0.25) is 19.2 Å². The molecule has 0 radical (unpaired) electrons. The van der Waals surface area contributed by atoms with Crippen LogP contribution in [-0.4, -0.2) is 119 Å². The minimum Gasteiger partial charge on any atom is -0.461 e. The van der Waals surface area contributed by atoms with Crippen molar-refractivity contribution < 1.29 is 28.7 Å². The Morgan fingerprint density at radius 1 is 0.829 bits per heavy atom. The van der Waals surface area contributed by atoms with Crippen LogP contribution in [0.1, 0.15) is 46.5 Å². The molecule has 11 heteroatoms. The highest BCUT2D eigenvalue weighted by molar-refractivity contribution is 5.96. The Bertz CT molecular complexity index is 896. The molecule has 0 aliphatic carbocycles. The molecule has 0 saturated carbocycles. The Balaban J connectivity index is 1.65. The predicted molar refractivity (Wildman–Crippen MR) is 125 cm³/mol. The lowest BCUT2D eigenvalue weighted by Gasteiger charge is -2.41. The van der Waals surface area contributed by atoms with Crippen molar-refractivity contribution in [2.24, 2.45) is 5.92 Å². The van der Waals surface area contributed by atoms with E-state index in [1.165, 1.54) is 4.90 Å². The van der Waals surface area contributed by atoms with Crippen LogP contribution in [0.2, 0.25) is 0 Å². The zero-order chi connectivity index (χ0) is 25.4. The standard InChI is InChI=1S/C24H37N5O6/c1-14-10-18-24(34)35-15(2)11-20(30)27-7-5-6-17(27)23(33)28-9-8-26(4)13-19(28)21(31)25-16(3)22(32)29(18)12-14/h14-19H,5-13H2,1-4H3,(H,25,31)/t14-,15+,16+,17+,18+,19+/m1/s1. The van der Waals surface area contributed by atoms with Crippen molar-refractivity contribution in [3.8, 4) is 0 Å². The zero-order valence-corrected chi connectivity index (χ0v) is 21.1. The highest BCUT2D eigenvalue weighted by Crippen LogP contribution is 2.27. The van der Waals surface area contributed by atoms with Gasteiger partial charge < -0.3 is 29.7 Å². The van der Waals surface area contributed by atoms with Crippen LogP contribution in [0.3, 0.4) is 0 Å². The number of cyclic esters (lactones) is 1. The highest BCUT2D eigenvalue weighted by atomic mass is 16.5. The first-order chi connectivity index (χ1) is 16.6. The van der Waals surface area contributed by atoms with Gasteiger partial charge in [0.15, 0.2) is 0 Å². The molecule has 4 aliphatic heterocycles. The van der Waals surface area contributed by atoms with E-state index in [-0.39, 0.29) is 30.1 Å². The van der Waals surface area contributed by atoms with Crippen molar-refractivity contribution >= 4 is 29.6 Å². The largest absolute Gasteiger partial charge is 0.461 e. The molecule has 0 aromatic carbocycles. The average Bonchev–Trinajstić information content (AvgIpc) is 3.44. The number of hydrogen-bond acceptors (Lipinski definition) is 7. The van der Waals surface area contributed by atoms with Crippen molar-refractivity contribution in [1.82, 2.24) is 24.9 Å². The number of rotatable bonds is 0. The van der Waals surface area contributed by atoms with E-state index in [0.29, 0.717) is 52.0 Å². The lowest BCUT2D eigenvalue weighted by molar-refractivity contribution is -0.160. The molecule has 0 aromatic heterocycles. The molecule has 4 fully saturated rings.